The fourth-order valence-electron chi connectivity index (χ4n) is 1.21. The standard InChI is InChI=1S/C10H11N5O/c1-7(2)10-14-13-9(16-10)6-15-5-8(3-11)4-12-15/h4-5,7H,6H2,1-2H3. The molecule has 0 aliphatic heterocycles. The normalized spacial score (nSPS) is 10.6. The lowest BCUT2D eigenvalue weighted by Crippen LogP contribution is -1.99. The van der Waals surface area contributed by atoms with Gasteiger partial charge >= 0.3 is 0 Å². The van der Waals surface area contributed by atoms with Gasteiger partial charge in [-0.25, -0.2) is 0 Å². The zero-order valence-corrected chi connectivity index (χ0v) is 9.08. The Balaban J connectivity index is 2.12. The highest BCUT2D eigenvalue weighted by atomic mass is 16.4. The first-order valence-electron chi connectivity index (χ1n) is 4.94. The molecule has 2 aromatic heterocycles. The van der Waals surface area contributed by atoms with Gasteiger partial charge in [-0.15, -0.1) is 10.2 Å². The van der Waals surface area contributed by atoms with Gasteiger partial charge in [0.25, 0.3) is 0 Å². The van der Waals surface area contributed by atoms with Crippen LogP contribution in [0.4, 0.5) is 0 Å². The zero-order valence-electron chi connectivity index (χ0n) is 9.08. The van der Waals surface area contributed by atoms with Gasteiger partial charge in [0.15, 0.2) is 0 Å². The third-order valence-corrected chi connectivity index (χ3v) is 2.04. The van der Waals surface area contributed by atoms with Crippen LogP contribution in [-0.2, 0) is 6.54 Å². The predicted octanol–water partition coefficient (Wildman–Crippen LogP) is 1.31. The van der Waals surface area contributed by atoms with Gasteiger partial charge < -0.3 is 4.42 Å². The lowest BCUT2D eigenvalue weighted by Gasteiger charge is -1.96. The van der Waals surface area contributed by atoms with Crippen molar-refractivity contribution in [2.45, 2.75) is 26.3 Å². The Morgan fingerprint density at radius 2 is 2.31 bits per heavy atom. The van der Waals surface area contributed by atoms with Crippen LogP contribution in [0, 0.1) is 11.3 Å². The van der Waals surface area contributed by atoms with Gasteiger partial charge in [-0.3, -0.25) is 4.68 Å². The first-order valence-corrected chi connectivity index (χ1v) is 4.94. The summed E-state index contributed by atoms with van der Waals surface area (Å²) in [5.41, 5.74) is 0.517. The molecule has 0 atom stereocenters. The third-order valence-electron chi connectivity index (χ3n) is 2.04. The summed E-state index contributed by atoms with van der Waals surface area (Å²) in [6.07, 6.45) is 3.14. The summed E-state index contributed by atoms with van der Waals surface area (Å²) >= 11 is 0. The Morgan fingerprint density at radius 3 is 2.88 bits per heavy atom. The number of hydrogen-bond donors (Lipinski definition) is 0. The van der Waals surface area contributed by atoms with E-state index in [4.69, 9.17) is 9.68 Å². The lowest BCUT2D eigenvalue weighted by atomic mass is 10.2. The molecular weight excluding hydrogens is 206 g/mol. The Morgan fingerprint density at radius 1 is 1.50 bits per heavy atom. The summed E-state index contributed by atoms with van der Waals surface area (Å²) in [6, 6.07) is 2.01. The van der Waals surface area contributed by atoms with E-state index >= 15 is 0 Å². The van der Waals surface area contributed by atoms with Crippen LogP contribution >= 0.6 is 0 Å². The molecule has 0 aliphatic rings. The molecule has 6 heteroatoms. The van der Waals surface area contributed by atoms with Gasteiger partial charge in [-0.2, -0.15) is 10.4 Å². The van der Waals surface area contributed by atoms with Crippen LogP contribution in [0.2, 0.25) is 0 Å². The highest BCUT2D eigenvalue weighted by Gasteiger charge is 2.10. The van der Waals surface area contributed by atoms with Crippen LogP contribution in [0.1, 0.15) is 37.1 Å². The minimum absolute atomic E-state index is 0.216. The zero-order chi connectivity index (χ0) is 11.5. The topological polar surface area (TPSA) is 80.5 Å². The predicted molar refractivity (Wildman–Crippen MR) is 54.4 cm³/mol. The van der Waals surface area contributed by atoms with Crippen molar-refractivity contribution in [3.63, 3.8) is 0 Å². The van der Waals surface area contributed by atoms with Crippen molar-refractivity contribution in [2.75, 3.05) is 0 Å². The van der Waals surface area contributed by atoms with E-state index in [1.54, 1.807) is 10.9 Å². The van der Waals surface area contributed by atoms with E-state index in [1.807, 2.05) is 19.9 Å². The van der Waals surface area contributed by atoms with Crippen LogP contribution in [0.25, 0.3) is 0 Å². The smallest absolute Gasteiger partial charge is 0.237 e. The maximum atomic E-state index is 8.64. The van der Waals surface area contributed by atoms with E-state index in [0.717, 1.165) is 0 Å². The van der Waals surface area contributed by atoms with Crippen LogP contribution < -0.4 is 0 Å². The molecule has 0 N–H and O–H groups in total. The van der Waals surface area contributed by atoms with Gasteiger partial charge in [-0.1, -0.05) is 13.8 Å². The molecule has 0 saturated heterocycles. The average molecular weight is 217 g/mol. The molecule has 16 heavy (non-hydrogen) atoms. The molecule has 0 saturated carbocycles. The Bertz CT molecular complexity index is 519. The lowest BCUT2D eigenvalue weighted by molar-refractivity contribution is 0.416. The fraction of sp³-hybridized carbons (Fsp3) is 0.400. The van der Waals surface area contributed by atoms with Crippen molar-refractivity contribution in [1.29, 1.82) is 5.26 Å². The van der Waals surface area contributed by atoms with E-state index in [-0.39, 0.29) is 5.92 Å². The van der Waals surface area contributed by atoms with Gasteiger partial charge in [-0.05, 0) is 0 Å². The van der Waals surface area contributed by atoms with Crippen LogP contribution in [0.15, 0.2) is 16.8 Å². The largest absolute Gasteiger partial charge is 0.423 e. The van der Waals surface area contributed by atoms with Gasteiger partial charge in [0, 0.05) is 12.1 Å². The summed E-state index contributed by atoms with van der Waals surface area (Å²) < 4.78 is 7.02. The molecule has 0 fully saturated rings. The van der Waals surface area contributed by atoms with E-state index in [2.05, 4.69) is 15.3 Å². The SMILES string of the molecule is CC(C)c1nnc(Cn2cc(C#N)cn2)o1. The molecule has 0 radical (unpaired) electrons. The third kappa shape index (κ3) is 2.08. The molecule has 6 nitrogen and oxygen atoms in total. The molecule has 2 rings (SSSR count). The number of nitrogens with zero attached hydrogens (tertiary/aromatic N) is 5. The highest BCUT2D eigenvalue weighted by Crippen LogP contribution is 2.12. The Labute approximate surface area is 92.5 Å². The van der Waals surface area contributed by atoms with Crippen molar-refractivity contribution in [2.24, 2.45) is 0 Å². The molecule has 2 aromatic rings. The van der Waals surface area contributed by atoms with Crippen molar-refractivity contribution in [3.8, 4) is 6.07 Å². The van der Waals surface area contributed by atoms with Crippen molar-refractivity contribution in [3.05, 3.63) is 29.7 Å². The molecule has 0 bridgehead atoms. The second-order valence-corrected chi connectivity index (χ2v) is 3.73. The summed E-state index contributed by atoms with van der Waals surface area (Å²) in [6.45, 7) is 4.36. The second-order valence-electron chi connectivity index (χ2n) is 3.73. The van der Waals surface area contributed by atoms with Gasteiger partial charge in [0.2, 0.25) is 11.8 Å². The van der Waals surface area contributed by atoms with Crippen molar-refractivity contribution >= 4 is 0 Å². The minimum atomic E-state index is 0.216. The first kappa shape index (κ1) is 10.4. The molecule has 82 valence electrons. The maximum Gasteiger partial charge on any atom is 0.237 e. The minimum Gasteiger partial charge on any atom is -0.423 e. The average Bonchev–Trinajstić information content (AvgIpc) is 2.87. The van der Waals surface area contributed by atoms with Gasteiger partial charge in [0.1, 0.15) is 12.6 Å². The van der Waals surface area contributed by atoms with Crippen LogP contribution in [0.5, 0.6) is 0 Å². The molecule has 0 amide bonds. The summed E-state index contributed by atoms with van der Waals surface area (Å²) in [4.78, 5) is 0. The van der Waals surface area contributed by atoms with Crippen LogP contribution in [0.3, 0.4) is 0 Å². The molecule has 0 spiro atoms. The Kier molecular flexibility index (Phi) is 2.68. The number of aromatic nitrogens is 4. The monoisotopic (exact) mass is 217 g/mol. The molecule has 0 aliphatic carbocycles. The second kappa shape index (κ2) is 4.14. The van der Waals surface area contributed by atoms with E-state index < -0.39 is 0 Å². The molecule has 2 heterocycles. The van der Waals surface area contributed by atoms with E-state index in [1.165, 1.54) is 6.20 Å². The molecule has 0 unspecified atom stereocenters. The Hall–Kier alpha value is -2.16. The number of hydrogen-bond acceptors (Lipinski definition) is 5. The first-order chi connectivity index (χ1) is 7.69. The van der Waals surface area contributed by atoms with Crippen molar-refractivity contribution < 1.29 is 4.42 Å². The summed E-state index contributed by atoms with van der Waals surface area (Å²) in [7, 11) is 0. The number of rotatable bonds is 3. The van der Waals surface area contributed by atoms with E-state index in [0.29, 0.717) is 23.9 Å². The number of nitriles is 1. The molecular formula is C10H11N5O. The van der Waals surface area contributed by atoms with E-state index in [9.17, 15) is 0 Å². The summed E-state index contributed by atoms with van der Waals surface area (Å²) in [5.74, 6) is 1.33. The summed E-state index contributed by atoms with van der Waals surface area (Å²) in [5, 5.41) is 20.5. The quantitative estimate of drug-likeness (QED) is 0.774. The highest BCUT2D eigenvalue weighted by molar-refractivity contribution is 5.21. The van der Waals surface area contributed by atoms with Crippen LogP contribution in [-0.4, -0.2) is 20.0 Å². The molecule has 0 aromatic carbocycles. The maximum absolute atomic E-state index is 8.64. The van der Waals surface area contributed by atoms with Crippen molar-refractivity contribution in [1.82, 2.24) is 20.0 Å². The van der Waals surface area contributed by atoms with Gasteiger partial charge in [0.05, 0.1) is 11.8 Å². The fourth-order valence-corrected chi connectivity index (χ4v) is 1.21.